The Kier molecular flexibility index (Phi) is 5.20. The minimum atomic E-state index is -4.84. The van der Waals surface area contributed by atoms with Crippen LogP contribution >= 0.6 is 38.5 Å². The molecule has 0 radical (unpaired) electrons. The molecule has 0 unspecified atom stereocenters. The second-order valence-electron chi connectivity index (χ2n) is 2.95. The highest BCUT2D eigenvalue weighted by Gasteiger charge is 2.33. The number of hydrogen-bond acceptors (Lipinski definition) is 4. The summed E-state index contributed by atoms with van der Waals surface area (Å²) in [5, 5.41) is 0.183. The molecule has 100 valence electrons. The highest BCUT2D eigenvalue weighted by Crippen LogP contribution is 2.30. The number of rotatable bonds is 3. The number of aromatic nitrogens is 1. The van der Waals surface area contributed by atoms with Crippen LogP contribution in [0, 0.1) is 3.57 Å². The Morgan fingerprint density at radius 2 is 2.17 bits per heavy atom. The summed E-state index contributed by atoms with van der Waals surface area (Å²) >= 11 is 4.60. The van der Waals surface area contributed by atoms with Gasteiger partial charge in [-0.3, -0.25) is 0 Å². The van der Waals surface area contributed by atoms with Crippen LogP contribution in [0.2, 0.25) is 0 Å². The van der Waals surface area contributed by atoms with E-state index in [2.05, 4.69) is 30.4 Å². The Labute approximate surface area is 122 Å². The maximum atomic E-state index is 12.2. The first-order valence-electron chi connectivity index (χ1n) is 4.38. The van der Waals surface area contributed by atoms with Gasteiger partial charge >= 0.3 is 12.3 Å². The molecule has 9 heteroatoms. The summed E-state index contributed by atoms with van der Waals surface area (Å²) < 4.78 is 44.8. The average molecular weight is 440 g/mol. The Bertz CT molecular complexity index is 467. The fraction of sp³-hybridized carbons (Fsp3) is 0.333. The SMILES string of the molecule is COC(=O)c1nc(CBr)cc(OC(F)(F)F)c1I. The molecule has 0 aliphatic carbocycles. The van der Waals surface area contributed by atoms with Crippen LogP contribution < -0.4 is 4.74 Å². The van der Waals surface area contributed by atoms with Gasteiger partial charge in [0.05, 0.1) is 16.4 Å². The van der Waals surface area contributed by atoms with E-state index in [0.29, 0.717) is 0 Å². The molecule has 1 rings (SSSR count). The van der Waals surface area contributed by atoms with E-state index in [1.54, 1.807) is 22.6 Å². The number of alkyl halides is 4. The quantitative estimate of drug-likeness (QED) is 0.412. The summed E-state index contributed by atoms with van der Waals surface area (Å²) in [4.78, 5) is 15.3. The van der Waals surface area contributed by atoms with Gasteiger partial charge in [0.25, 0.3) is 0 Å². The lowest BCUT2D eigenvalue weighted by Gasteiger charge is -2.13. The standard InChI is InChI=1S/C9H6BrF3INO3/c1-17-8(16)7-6(14)5(18-9(11,12)13)2-4(3-10)15-7/h2H,3H2,1H3. The van der Waals surface area contributed by atoms with Crippen LogP contribution in [0.25, 0.3) is 0 Å². The van der Waals surface area contributed by atoms with Crippen molar-refractivity contribution in [1.82, 2.24) is 4.98 Å². The third-order valence-corrected chi connectivity index (χ3v) is 3.34. The highest BCUT2D eigenvalue weighted by molar-refractivity contribution is 14.1. The number of esters is 1. The van der Waals surface area contributed by atoms with Gasteiger partial charge in [0.2, 0.25) is 0 Å². The van der Waals surface area contributed by atoms with Crippen LogP contribution in [0.1, 0.15) is 16.2 Å². The van der Waals surface area contributed by atoms with Gasteiger partial charge in [-0.2, -0.15) is 0 Å². The van der Waals surface area contributed by atoms with Gasteiger partial charge in [-0.1, -0.05) is 15.9 Å². The number of carbonyl (C=O) groups excluding carboxylic acids is 1. The molecule has 0 bridgehead atoms. The molecule has 1 heterocycles. The van der Waals surface area contributed by atoms with Gasteiger partial charge in [0.15, 0.2) is 5.69 Å². The number of halogens is 5. The lowest BCUT2D eigenvalue weighted by atomic mass is 10.3. The molecule has 1 aromatic rings. The maximum absolute atomic E-state index is 12.2. The zero-order valence-electron chi connectivity index (χ0n) is 8.85. The number of nitrogens with zero attached hydrogens (tertiary/aromatic N) is 1. The van der Waals surface area contributed by atoms with Gasteiger partial charge < -0.3 is 9.47 Å². The molecule has 0 saturated carbocycles. The van der Waals surface area contributed by atoms with E-state index < -0.39 is 18.1 Å². The normalized spacial score (nSPS) is 11.2. The zero-order valence-corrected chi connectivity index (χ0v) is 12.6. The Morgan fingerprint density at radius 1 is 1.56 bits per heavy atom. The molecule has 0 N–H and O–H groups in total. The van der Waals surface area contributed by atoms with E-state index in [0.717, 1.165) is 13.2 Å². The van der Waals surface area contributed by atoms with Crippen LogP contribution in [0.5, 0.6) is 5.75 Å². The maximum Gasteiger partial charge on any atom is 0.573 e. The van der Waals surface area contributed by atoms with Crippen molar-refractivity contribution in [3.63, 3.8) is 0 Å². The molecule has 0 saturated heterocycles. The van der Waals surface area contributed by atoms with Gasteiger partial charge in [0.1, 0.15) is 5.75 Å². The predicted molar refractivity (Wildman–Crippen MR) is 67.6 cm³/mol. The zero-order chi connectivity index (χ0) is 13.9. The largest absolute Gasteiger partial charge is 0.573 e. The van der Waals surface area contributed by atoms with Gasteiger partial charge in [-0.25, -0.2) is 9.78 Å². The van der Waals surface area contributed by atoms with Crippen LogP contribution in [-0.2, 0) is 10.1 Å². The van der Waals surface area contributed by atoms with Crippen LogP contribution in [0.3, 0.4) is 0 Å². The molecule has 1 aromatic heterocycles. The second-order valence-corrected chi connectivity index (χ2v) is 4.59. The van der Waals surface area contributed by atoms with Gasteiger partial charge in [-0.05, 0) is 22.6 Å². The summed E-state index contributed by atoms with van der Waals surface area (Å²) in [5.41, 5.74) is 0.0179. The predicted octanol–water partition coefficient (Wildman–Crippen LogP) is 3.27. The molecule has 18 heavy (non-hydrogen) atoms. The fourth-order valence-corrected chi connectivity index (χ4v) is 1.95. The Balaban J connectivity index is 3.29. The van der Waals surface area contributed by atoms with Crippen molar-refractivity contribution in [3.05, 3.63) is 21.0 Å². The molecule has 0 aromatic carbocycles. The number of hydrogen-bond donors (Lipinski definition) is 0. The number of ether oxygens (including phenoxy) is 2. The van der Waals surface area contributed by atoms with Crippen molar-refractivity contribution in [2.45, 2.75) is 11.7 Å². The average Bonchev–Trinajstić information content (AvgIpc) is 2.29. The van der Waals surface area contributed by atoms with Crippen molar-refractivity contribution >= 4 is 44.5 Å². The van der Waals surface area contributed by atoms with Gasteiger partial charge in [0, 0.05) is 11.4 Å². The van der Waals surface area contributed by atoms with Crippen LogP contribution in [-0.4, -0.2) is 24.4 Å². The van der Waals surface area contributed by atoms with Crippen molar-refractivity contribution < 1.29 is 27.4 Å². The summed E-state index contributed by atoms with van der Waals surface area (Å²) in [6, 6.07) is 1.11. The minimum Gasteiger partial charge on any atom is -0.464 e. The molecule has 0 fully saturated rings. The molecule has 0 aliphatic heterocycles. The summed E-state index contributed by atoms with van der Waals surface area (Å²) in [5.74, 6) is -1.30. The fourth-order valence-electron chi connectivity index (χ4n) is 1.06. The van der Waals surface area contributed by atoms with E-state index >= 15 is 0 Å². The number of methoxy groups -OCH3 is 1. The smallest absolute Gasteiger partial charge is 0.464 e. The molecule has 0 amide bonds. The third-order valence-electron chi connectivity index (χ3n) is 1.72. The van der Waals surface area contributed by atoms with E-state index in [1.165, 1.54) is 0 Å². The highest BCUT2D eigenvalue weighted by atomic mass is 127. The summed E-state index contributed by atoms with van der Waals surface area (Å²) in [7, 11) is 1.12. The minimum absolute atomic E-state index is 0.0542. The Morgan fingerprint density at radius 3 is 2.61 bits per heavy atom. The van der Waals surface area contributed by atoms with Crippen molar-refractivity contribution in [3.8, 4) is 5.75 Å². The molecule has 0 spiro atoms. The number of carbonyl (C=O) groups is 1. The topological polar surface area (TPSA) is 48.4 Å². The monoisotopic (exact) mass is 439 g/mol. The van der Waals surface area contributed by atoms with Crippen molar-refractivity contribution in [2.75, 3.05) is 7.11 Å². The molecular weight excluding hydrogens is 434 g/mol. The van der Waals surface area contributed by atoms with E-state index in [1.807, 2.05) is 0 Å². The molecule has 0 aliphatic rings. The van der Waals surface area contributed by atoms with Crippen LogP contribution in [0.4, 0.5) is 13.2 Å². The van der Waals surface area contributed by atoms with Gasteiger partial charge in [-0.15, -0.1) is 13.2 Å². The first kappa shape index (κ1) is 15.5. The second kappa shape index (κ2) is 6.04. The van der Waals surface area contributed by atoms with E-state index in [4.69, 9.17) is 0 Å². The number of pyridine rings is 1. The van der Waals surface area contributed by atoms with Crippen molar-refractivity contribution in [2.24, 2.45) is 0 Å². The van der Waals surface area contributed by atoms with Crippen LogP contribution in [0.15, 0.2) is 6.07 Å². The first-order valence-corrected chi connectivity index (χ1v) is 6.58. The summed E-state index contributed by atoms with van der Waals surface area (Å²) in [6.45, 7) is 0. The molecular formula is C9H6BrF3INO3. The third kappa shape index (κ3) is 3.97. The lowest BCUT2D eigenvalue weighted by molar-refractivity contribution is -0.275. The van der Waals surface area contributed by atoms with E-state index in [9.17, 15) is 18.0 Å². The lowest BCUT2D eigenvalue weighted by Crippen LogP contribution is -2.19. The van der Waals surface area contributed by atoms with Crippen molar-refractivity contribution in [1.29, 1.82) is 0 Å². The first-order chi connectivity index (χ1) is 8.28. The summed E-state index contributed by atoms with van der Waals surface area (Å²) in [6.07, 6.45) is -4.84. The van der Waals surface area contributed by atoms with E-state index in [-0.39, 0.29) is 20.3 Å². The molecule has 0 atom stereocenters. The Hall–Kier alpha value is -0.580. The molecule has 4 nitrogen and oxygen atoms in total.